The molecule has 4 aromatic rings. The van der Waals surface area contributed by atoms with Crippen LogP contribution in [0.2, 0.25) is 5.02 Å². The van der Waals surface area contributed by atoms with Gasteiger partial charge in [-0.2, -0.15) is 0 Å². The van der Waals surface area contributed by atoms with Crippen molar-refractivity contribution in [3.05, 3.63) is 81.4 Å². The topological polar surface area (TPSA) is 97.7 Å². The van der Waals surface area contributed by atoms with Crippen molar-refractivity contribution in [2.24, 2.45) is 0 Å². The van der Waals surface area contributed by atoms with Gasteiger partial charge in [0.25, 0.3) is 15.9 Å². The molecule has 5 rings (SSSR count). The molecule has 11 heteroatoms. The van der Waals surface area contributed by atoms with E-state index in [2.05, 4.69) is 5.32 Å². The van der Waals surface area contributed by atoms with E-state index in [1.54, 1.807) is 53.1 Å². The Balaban J connectivity index is 1.47. The number of aromatic nitrogens is 1. The second-order valence-electron chi connectivity index (χ2n) is 7.85. The molecule has 0 fully saturated rings. The maximum atomic E-state index is 13.5. The molecule has 35 heavy (non-hydrogen) atoms. The molecule has 0 aliphatic carbocycles. The fraction of sp³-hybridized carbons (Fsp3) is 0.167. The minimum absolute atomic E-state index is 0.0707. The van der Waals surface area contributed by atoms with Gasteiger partial charge >= 0.3 is 4.87 Å². The van der Waals surface area contributed by atoms with Crippen LogP contribution in [-0.4, -0.2) is 31.5 Å². The Kier molecular flexibility index (Phi) is 6.04. The number of benzene rings is 3. The van der Waals surface area contributed by atoms with Crippen LogP contribution in [0.1, 0.15) is 6.92 Å². The molecule has 0 radical (unpaired) electrons. The third-order valence-electron chi connectivity index (χ3n) is 5.67. The zero-order valence-electron chi connectivity index (χ0n) is 18.5. The van der Waals surface area contributed by atoms with Crippen molar-refractivity contribution < 1.29 is 17.9 Å². The number of carbonyl (C=O) groups is 1. The molecule has 1 N–H and O–H groups in total. The summed E-state index contributed by atoms with van der Waals surface area (Å²) < 4.78 is 36.4. The summed E-state index contributed by atoms with van der Waals surface area (Å²) in [5.74, 6) is -0.283. The highest BCUT2D eigenvalue weighted by atomic mass is 35.5. The van der Waals surface area contributed by atoms with Crippen LogP contribution >= 0.6 is 22.9 Å². The Hall–Kier alpha value is -3.34. The lowest BCUT2D eigenvalue weighted by Gasteiger charge is -2.34. The molecule has 1 aliphatic heterocycles. The number of thiazole rings is 1. The number of aryl methyl sites for hydroxylation is 1. The second kappa shape index (κ2) is 9.03. The Bertz CT molecular complexity index is 1600. The van der Waals surface area contributed by atoms with Crippen LogP contribution in [0.3, 0.4) is 0 Å². The number of ether oxygens (including phenoxy) is 1. The van der Waals surface area contributed by atoms with Gasteiger partial charge in [0.2, 0.25) is 0 Å². The molecule has 0 saturated carbocycles. The maximum absolute atomic E-state index is 13.5. The van der Waals surface area contributed by atoms with E-state index in [9.17, 15) is 18.0 Å². The van der Waals surface area contributed by atoms with Gasteiger partial charge in [-0.15, -0.1) is 0 Å². The summed E-state index contributed by atoms with van der Waals surface area (Å²) in [4.78, 5) is 25.3. The van der Waals surface area contributed by atoms with Crippen LogP contribution in [0, 0.1) is 0 Å². The first kappa shape index (κ1) is 23.4. The fourth-order valence-corrected chi connectivity index (χ4v) is 6.62. The number of halogens is 1. The molecule has 3 aromatic carbocycles. The lowest BCUT2D eigenvalue weighted by molar-refractivity contribution is -0.122. The molecule has 0 bridgehead atoms. The van der Waals surface area contributed by atoms with Gasteiger partial charge in [-0.1, -0.05) is 41.1 Å². The Labute approximate surface area is 210 Å². The summed E-state index contributed by atoms with van der Waals surface area (Å²) in [7, 11) is -3.99. The number of nitrogens with one attached hydrogen (secondary N) is 1. The SMILES string of the molecule is CCn1c(=O)sc2cc(NC(=O)[C@H]3CN(S(=O)(=O)c4ccccc4)c4cc(Cl)ccc4O3)ccc21. The summed E-state index contributed by atoms with van der Waals surface area (Å²) in [6.07, 6.45) is -1.11. The monoisotopic (exact) mass is 529 g/mol. The zero-order chi connectivity index (χ0) is 24.7. The minimum atomic E-state index is -3.99. The lowest BCUT2D eigenvalue weighted by Crippen LogP contribution is -2.48. The molecule has 180 valence electrons. The third kappa shape index (κ3) is 4.29. The number of rotatable bonds is 5. The average Bonchev–Trinajstić information content (AvgIpc) is 3.17. The van der Waals surface area contributed by atoms with Crippen molar-refractivity contribution in [2.45, 2.75) is 24.5 Å². The molecule has 0 unspecified atom stereocenters. The van der Waals surface area contributed by atoms with E-state index < -0.39 is 22.0 Å². The molecule has 1 aliphatic rings. The van der Waals surface area contributed by atoms with Crippen LogP contribution in [0.15, 0.2) is 76.4 Å². The number of nitrogens with zero attached hydrogens (tertiary/aromatic N) is 2. The normalized spacial score (nSPS) is 15.5. The number of amides is 1. The fourth-order valence-electron chi connectivity index (χ4n) is 3.97. The smallest absolute Gasteiger partial charge is 0.308 e. The predicted octanol–water partition coefficient (Wildman–Crippen LogP) is 4.33. The van der Waals surface area contributed by atoms with E-state index in [1.165, 1.54) is 18.2 Å². The molecule has 1 aromatic heterocycles. The Morgan fingerprint density at radius 2 is 1.91 bits per heavy atom. The molecule has 0 saturated heterocycles. The van der Waals surface area contributed by atoms with Gasteiger partial charge in [-0.05, 0) is 55.5 Å². The van der Waals surface area contributed by atoms with Crippen molar-refractivity contribution >= 4 is 60.5 Å². The standard InChI is InChI=1S/C24H20ClN3O5S2/c1-2-27-18-10-9-16(13-22(18)34-24(27)30)26-23(29)21-14-28(19-12-15(25)8-11-20(19)33-21)35(31,32)17-6-4-3-5-7-17/h3-13,21H,2,14H2,1H3,(H,26,29)/t21-/m1/s1. The number of hydrogen-bond acceptors (Lipinski definition) is 6. The quantitative estimate of drug-likeness (QED) is 0.415. The summed E-state index contributed by atoms with van der Waals surface area (Å²) in [6, 6.07) is 17.8. The van der Waals surface area contributed by atoms with Crippen molar-refractivity contribution in [3.63, 3.8) is 0 Å². The first-order valence-corrected chi connectivity index (χ1v) is 13.4. The summed E-state index contributed by atoms with van der Waals surface area (Å²) >= 11 is 7.23. The Morgan fingerprint density at radius 1 is 1.14 bits per heavy atom. The molecule has 1 amide bonds. The van der Waals surface area contributed by atoms with Crippen molar-refractivity contribution in [1.82, 2.24) is 4.57 Å². The van der Waals surface area contributed by atoms with Crippen LogP contribution in [-0.2, 0) is 21.4 Å². The van der Waals surface area contributed by atoms with Crippen LogP contribution in [0.4, 0.5) is 11.4 Å². The minimum Gasteiger partial charge on any atom is -0.476 e. The van der Waals surface area contributed by atoms with Gasteiger partial charge in [0.1, 0.15) is 5.75 Å². The highest BCUT2D eigenvalue weighted by molar-refractivity contribution is 7.92. The van der Waals surface area contributed by atoms with Gasteiger partial charge in [0.15, 0.2) is 6.10 Å². The zero-order valence-corrected chi connectivity index (χ0v) is 20.9. The van der Waals surface area contributed by atoms with Gasteiger partial charge in [-0.25, -0.2) is 8.42 Å². The van der Waals surface area contributed by atoms with E-state index in [0.717, 1.165) is 25.9 Å². The van der Waals surface area contributed by atoms with E-state index >= 15 is 0 Å². The van der Waals surface area contributed by atoms with Crippen LogP contribution < -0.4 is 19.2 Å². The highest BCUT2D eigenvalue weighted by Gasteiger charge is 2.37. The Morgan fingerprint density at radius 3 is 2.66 bits per heavy atom. The molecular weight excluding hydrogens is 510 g/mol. The summed E-state index contributed by atoms with van der Waals surface area (Å²) in [6.45, 7) is 2.21. The predicted molar refractivity (Wildman–Crippen MR) is 137 cm³/mol. The number of anilines is 2. The largest absolute Gasteiger partial charge is 0.476 e. The van der Waals surface area contributed by atoms with E-state index in [1.807, 2.05) is 6.92 Å². The van der Waals surface area contributed by atoms with Gasteiger partial charge < -0.3 is 10.1 Å². The highest BCUT2D eigenvalue weighted by Crippen LogP contribution is 2.39. The van der Waals surface area contributed by atoms with E-state index in [-0.39, 0.29) is 27.8 Å². The molecule has 1 atom stereocenters. The first-order valence-electron chi connectivity index (χ1n) is 10.8. The molecule has 2 heterocycles. The third-order valence-corrected chi connectivity index (χ3v) is 8.64. The number of sulfonamides is 1. The second-order valence-corrected chi connectivity index (χ2v) is 11.1. The number of carbonyl (C=O) groups excluding carboxylic acids is 1. The van der Waals surface area contributed by atoms with Gasteiger partial charge in [0.05, 0.1) is 27.3 Å². The van der Waals surface area contributed by atoms with E-state index in [4.69, 9.17) is 16.3 Å². The first-order chi connectivity index (χ1) is 16.8. The average molecular weight is 530 g/mol. The van der Waals surface area contributed by atoms with E-state index in [0.29, 0.717) is 17.3 Å². The number of fused-ring (bicyclic) bond motifs is 2. The number of hydrogen-bond donors (Lipinski definition) is 1. The van der Waals surface area contributed by atoms with Crippen molar-refractivity contribution in [1.29, 1.82) is 0 Å². The molecule has 0 spiro atoms. The molecule has 8 nitrogen and oxygen atoms in total. The van der Waals surface area contributed by atoms with Gasteiger partial charge in [-0.3, -0.25) is 18.5 Å². The van der Waals surface area contributed by atoms with Crippen molar-refractivity contribution in [2.75, 3.05) is 16.2 Å². The lowest BCUT2D eigenvalue weighted by atomic mass is 10.2. The van der Waals surface area contributed by atoms with Gasteiger partial charge in [0, 0.05) is 17.3 Å². The van der Waals surface area contributed by atoms with Crippen LogP contribution in [0.25, 0.3) is 10.2 Å². The summed E-state index contributed by atoms with van der Waals surface area (Å²) in [5, 5.41) is 3.13. The maximum Gasteiger partial charge on any atom is 0.308 e. The van der Waals surface area contributed by atoms with Crippen LogP contribution in [0.5, 0.6) is 5.75 Å². The summed E-state index contributed by atoms with van der Waals surface area (Å²) in [5.41, 5.74) is 1.54. The molecular formula is C24H20ClN3O5S2. The van der Waals surface area contributed by atoms with Crippen molar-refractivity contribution in [3.8, 4) is 5.75 Å².